The maximum Gasteiger partial charge on any atom is 0.248 e. The Balaban J connectivity index is 1.66. The third-order valence-electron chi connectivity index (χ3n) is 4.36. The minimum absolute atomic E-state index is 0.0248. The lowest BCUT2D eigenvalue weighted by atomic mass is 9.89. The summed E-state index contributed by atoms with van der Waals surface area (Å²) < 4.78 is 0. The van der Waals surface area contributed by atoms with Crippen molar-refractivity contribution in [3.63, 3.8) is 0 Å². The molecule has 1 heterocycles. The summed E-state index contributed by atoms with van der Waals surface area (Å²) in [7, 11) is 0. The minimum Gasteiger partial charge on any atom is -0.326 e. The van der Waals surface area contributed by atoms with Crippen LogP contribution >= 0.6 is 0 Å². The highest BCUT2D eigenvalue weighted by Gasteiger charge is 2.21. The van der Waals surface area contributed by atoms with Crippen molar-refractivity contribution in [1.82, 2.24) is 10.3 Å². The van der Waals surface area contributed by atoms with Crippen LogP contribution in [0.3, 0.4) is 0 Å². The molecular weight excluding hydrogens is 236 g/mol. The fourth-order valence-corrected chi connectivity index (χ4v) is 3.26. The van der Waals surface area contributed by atoms with Gasteiger partial charge in [0.1, 0.15) is 0 Å². The van der Waals surface area contributed by atoms with Crippen molar-refractivity contribution in [3.8, 4) is 0 Å². The molecule has 0 aromatic carbocycles. The first-order valence-electron chi connectivity index (χ1n) is 7.43. The molecule has 2 N–H and O–H groups in total. The molecule has 102 valence electrons. The number of allylic oxidation sites excluding steroid dienone is 2. The first-order chi connectivity index (χ1) is 9.33. The quantitative estimate of drug-likeness (QED) is 0.819. The molecule has 0 saturated carbocycles. The molecule has 2 unspecified atom stereocenters. The van der Waals surface area contributed by atoms with Gasteiger partial charge in [0, 0.05) is 17.8 Å². The van der Waals surface area contributed by atoms with Crippen LogP contribution in [0.15, 0.2) is 29.1 Å². The van der Waals surface area contributed by atoms with Crippen molar-refractivity contribution in [2.45, 2.75) is 44.6 Å². The van der Waals surface area contributed by atoms with E-state index in [9.17, 15) is 4.79 Å². The van der Waals surface area contributed by atoms with E-state index in [1.807, 2.05) is 6.07 Å². The van der Waals surface area contributed by atoms with E-state index in [2.05, 4.69) is 22.5 Å². The number of hydrogen-bond acceptors (Lipinski definition) is 2. The van der Waals surface area contributed by atoms with Gasteiger partial charge < -0.3 is 10.3 Å². The van der Waals surface area contributed by atoms with E-state index in [1.165, 1.54) is 31.2 Å². The number of H-pyrrole nitrogens is 1. The molecule has 1 aromatic rings. The van der Waals surface area contributed by atoms with Crippen molar-refractivity contribution < 1.29 is 0 Å². The van der Waals surface area contributed by atoms with Crippen LogP contribution in [0.25, 0.3) is 0 Å². The molecule has 2 aliphatic rings. The molecule has 0 bridgehead atoms. The topological polar surface area (TPSA) is 44.9 Å². The third-order valence-corrected chi connectivity index (χ3v) is 4.36. The number of pyridine rings is 1. The summed E-state index contributed by atoms with van der Waals surface area (Å²) >= 11 is 0. The van der Waals surface area contributed by atoms with E-state index in [4.69, 9.17) is 0 Å². The first kappa shape index (κ1) is 12.7. The Morgan fingerprint density at radius 1 is 1.26 bits per heavy atom. The molecule has 0 saturated heterocycles. The number of aryl methyl sites for hydroxylation is 1. The van der Waals surface area contributed by atoms with Crippen LogP contribution in [0.5, 0.6) is 0 Å². The van der Waals surface area contributed by atoms with Gasteiger partial charge in [0.25, 0.3) is 0 Å². The summed E-state index contributed by atoms with van der Waals surface area (Å²) in [6.45, 7) is 1.09. The van der Waals surface area contributed by atoms with Crippen LogP contribution in [0, 0.1) is 5.92 Å². The molecule has 0 aliphatic heterocycles. The van der Waals surface area contributed by atoms with Crippen molar-refractivity contribution in [1.29, 1.82) is 0 Å². The average Bonchev–Trinajstić information content (AvgIpc) is 2.45. The Morgan fingerprint density at radius 3 is 3.05 bits per heavy atom. The summed E-state index contributed by atoms with van der Waals surface area (Å²) in [6.07, 6.45) is 11.7. The van der Waals surface area contributed by atoms with Gasteiger partial charge in [0.2, 0.25) is 5.56 Å². The maximum atomic E-state index is 11.4. The van der Waals surface area contributed by atoms with Gasteiger partial charge in [0.15, 0.2) is 0 Å². The molecule has 3 heteroatoms. The van der Waals surface area contributed by atoms with Crippen molar-refractivity contribution in [2.75, 3.05) is 6.54 Å². The molecule has 0 radical (unpaired) electrons. The minimum atomic E-state index is 0.0248. The molecule has 0 amide bonds. The highest BCUT2D eigenvalue weighted by molar-refractivity contribution is 5.26. The van der Waals surface area contributed by atoms with Crippen LogP contribution < -0.4 is 10.9 Å². The summed E-state index contributed by atoms with van der Waals surface area (Å²) in [5.74, 6) is 0.776. The number of hydrogen-bond donors (Lipinski definition) is 2. The van der Waals surface area contributed by atoms with E-state index in [1.54, 1.807) is 6.07 Å². The molecule has 0 fully saturated rings. The van der Waals surface area contributed by atoms with Gasteiger partial charge in [-0.3, -0.25) is 4.79 Å². The van der Waals surface area contributed by atoms with Crippen LogP contribution in [0.2, 0.25) is 0 Å². The molecule has 3 nitrogen and oxygen atoms in total. The summed E-state index contributed by atoms with van der Waals surface area (Å²) in [5.41, 5.74) is 2.47. The Hall–Kier alpha value is -1.35. The summed E-state index contributed by atoms with van der Waals surface area (Å²) in [4.78, 5) is 14.4. The lowest BCUT2D eigenvalue weighted by molar-refractivity contribution is 0.380. The van der Waals surface area contributed by atoms with Gasteiger partial charge in [-0.2, -0.15) is 0 Å². The van der Waals surface area contributed by atoms with E-state index >= 15 is 0 Å². The smallest absolute Gasteiger partial charge is 0.248 e. The van der Waals surface area contributed by atoms with Gasteiger partial charge in [-0.25, -0.2) is 0 Å². The Bertz CT molecular complexity index is 518. The van der Waals surface area contributed by atoms with Crippen LogP contribution in [-0.2, 0) is 6.42 Å². The molecule has 2 aliphatic carbocycles. The average molecular weight is 258 g/mol. The van der Waals surface area contributed by atoms with Gasteiger partial charge in [0.05, 0.1) is 0 Å². The van der Waals surface area contributed by atoms with Gasteiger partial charge in [-0.05, 0) is 56.6 Å². The van der Waals surface area contributed by atoms with E-state index in [0.29, 0.717) is 6.04 Å². The van der Waals surface area contributed by atoms with Crippen molar-refractivity contribution in [3.05, 3.63) is 45.9 Å². The van der Waals surface area contributed by atoms with Gasteiger partial charge >= 0.3 is 0 Å². The Labute approximate surface area is 114 Å². The number of fused-ring (bicyclic) bond motifs is 1. The second-order valence-electron chi connectivity index (χ2n) is 5.76. The number of aromatic amines is 1. The Morgan fingerprint density at radius 2 is 2.21 bits per heavy atom. The van der Waals surface area contributed by atoms with Crippen LogP contribution in [-0.4, -0.2) is 11.5 Å². The fourth-order valence-electron chi connectivity index (χ4n) is 3.26. The highest BCUT2D eigenvalue weighted by Crippen LogP contribution is 2.28. The van der Waals surface area contributed by atoms with E-state index in [-0.39, 0.29) is 5.56 Å². The van der Waals surface area contributed by atoms with E-state index in [0.717, 1.165) is 31.0 Å². The van der Waals surface area contributed by atoms with Crippen molar-refractivity contribution in [2.24, 2.45) is 5.92 Å². The fraction of sp³-hybridized carbons (Fsp3) is 0.562. The third kappa shape index (κ3) is 2.98. The lowest BCUT2D eigenvalue weighted by Gasteiger charge is -2.28. The highest BCUT2D eigenvalue weighted by atomic mass is 16.1. The normalized spacial score (nSPS) is 26.1. The maximum absolute atomic E-state index is 11.4. The predicted molar refractivity (Wildman–Crippen MR) is 77.2 cm³/mol. The second kappa shape index (κ2) is 5.74. The SMILES string of the molecule is O=c1ccc2c([nH]1)CCCC2NCC1CC=CCC1. The number of aromatic nitrogens is 1. The Kier molecular flexibility index (Phi) is 3.83. The van der Waals surface area contributed by atoms with Gasteiger partial charge in [-0.1, -0.05) is 18.2 Å². The molecule has 0 spiro atoms. The predicted octanol–water partition coefficient (Wildman–Crippen LogP) is 2.70. The molecular formula is C16H22N2O. The largest absolute Gasteiger partial charge is 0.326 e. The standard InChI is InChI=1S/C16H22N2O/c19-16-10-9-13-14(7-4-8-15(13)18-16)17-11-12-5-2-1-3-6-12/h1-2,9-10,12,14,17H,3-8,11H2,(H,18,19). The first-order valence-corrected chi connectivity index (χ1v) is 7.43. The van der Waals surface area contributed by atoms with Crippen LogP contribution in [0.1, 0.15) is 49.4 Å². The van der Waals surface area contributed by atoms with Gasteiger partial charge in [-0.15, -0.1) is 0 Å². The zero-order valence-electron chi connectivity index (χ0n) is 11.3. The van der Waals surface area contributed by atoms with Crippen molar-refractivity contribution >= 4 is 0 Å². The summed E-state index contributed by atoms with van der Waals surface area (Å²) in [6, 6.07) is 4.08. The van der Waals surface area contributed by atoms with E-state index < -0.39 is 0 Å². The zero-order valence-corrected chi connectivity index (χ0v) is 11.3. The molecule has 2 atom stereocenters. The molecule has 3 rings (SSSR count). The lowest BCUT2D eigenvalue weighted by Crippen LogP contribution is -2.31. The number of rotatable bonds is 3. The number of nitrogens with one attached hydrogen (secondary N) is 2. The zero-order chi connectivity index (χ0) is 13.1. The second-order valence-corrected chi connectivity index (χ2v) is 5.76. The van der Waals surface area contributed by atoms with Crippen LogP contribution in [0.4, 0.5) is 0 Å². The summed E-state index contributed by atoms with van der Waals surface area (Å²) in [5, 5.41) is 3.71. The monoisotopic (exact) mass is 258 g/mol. The molecule has 19 heavy (non-hydrogen) atoms. The molecule has 1 aromatic heterocycles.